The second-order valence-corrected chi connectivity index (χ2v) is 8.35. The molecule has 0 bridgehead atoms. The molecular formula is C32H28N2O3. The number of hydrogen-bond acceptors (Lipinski definition) is 4. The molecule has 0 aliphatic carbocycles. The maximum Gasteiger partial charge on any atom is 0.266 e. The van der Waals surface area contributed by atoms with Crippen molar-refractivity contribution >= 4 is 28.4 Å². The number of carbonyl (C=O) groups is 1. The Kier molecular flexibility index (Phi) is 8.36. The number of rotatable bonds is 10. The van der Waals surface area contributed by atoms with Gasteiger partial charge in [0.05, 0.1) is 6.61 Å². The summed E-state index contributed by atoms with van der Waals surface area (Å²) in [6, 6.07) is 29.1. The van der Waals surface area contributed by atoms with Gasteiger partial charge in [-0.3, -0.25) is 4.79 Å². The van der Waals surface area contributed by atoms with Crippen molar-refractivity contribution in [2.75, 3.05) is 11.9 Å². The maximum absolute atomic E-state index is 12.7. The van der Waals surface area contributed by atoms with Crippen LogP contribution in [0.3, 0.4) is 0 Å². The smallest absolute Gasteiger partial charge is 0.266 e. The van der Waals surface area contributed by atoms with Gasteiger partial charge in [0.25, 0.3) is 5.91 Å². The van der Waals surface area contributed by atoms with Crippen LogP contribution in [0.2, 0.25) is 0 Å². The molecule has 184 valence electrons. The fourth-order valence-electron chi connectivity index (χ4n) is 4.10. The average molecular weight is 489 g/mol. The highest BCUT2D eigenvalue weighted by atomic mass is 16.5. The van der Waals surface area contributed by atoms with Gasteiger partial charge in [-0.2, -0.15) is 5.26 Å². The SMILES string of the molecule is C=CCc1cc(/C=C(\C#N)C(=O)Nc2ccccc2)cc(OCC)c1OCc1cccc2ccccc12. The third kappa shape index (κ3) is 6.25. The van der Waals surface area contributed by atoms with Crippen LogP contribution in [0.1, 0.15) is 23.6 Å². The van der Waals surface area contributed by atoms with Crippen molar-refractivity contribution in [3.05, 3.63) is 120 Å². The second kappa shape index (κ2) is 12.2. The Morgan fingerprint density at radius 2 is 1.73 bits per heavy atom. The van der Waals surface area contributed by atoms with Crippen molar-refractivity contribution < 1.29 is 14.3 Å². The number of nitrogens with one attached hydrogen (secondary N) is 1. The van der Waals surface area contributed by atoms with Gasteiger partial charge in [0.15, 0.2) is 11.5 Å². The van der Waals surface area contributed by atoms with Crippen LogP contribution >= 0.6 is 0 Å². The molecule has 0 atom stereocenters. The van der Waals surface area contributed by atoms with Crippen LogP contribution in [0.5, 0.6) is 11.5 Å². The van der Waals surface area contributed by atoms with Gasteiger partial charge in [-0.25, -0.2) is 0 Å². The van der Waals surface area contributed by atoms with Gasteiger partial charge in [0.2, 0.25) is 0 Å². The standard InChI is InChI=1S/C32H28N2O3/c1-3-11-25-18-23(19-27(21-33)32(35)34-28-15-6-5-7-16-28)20-30(36-4-2)31(25)37-22-26-14-10-13-24-12-8-9-17-29(24)26/h3,5-10,12-20H,1,4,11,22H2,2H3,(H,34,35)/b27-19+. The molecule has 5 nitrogen and oxygen atoms in total. The normalized spacial score (nSPS) is 11.0. The molecular weight excluding hydrogens is 460 g/mol. The second-order valence-electron chi connectivity index (χ2n) is 8.35. The van der Waals surface area contributed by atoms with E-state index in [-0.39, 0.29) is 5.57 Å². The summed E-state index contributed by atoms with van der Waals surface area (Å²) in [5, 5.41) is 14.7. The Morgan fingerprint density at radius 3 is 2.49 bits per heavy atom. The number of benzene rings is 4. The summed E-state index contributed by atoms with van der Waals surface area (Å²) >= 11 is 0. The van der Waals surface area contributed by atoms with E-state index in [4.69, 9.17) is 9.47 Å². The lowest BCUT2D eigenvalue weighted by Crippen LogP contribution is -2.13. The summed E-state index contributed by atoms with van der Waals surface area (Å²) in [5.74, 6) is 0.696. The summed E-state index contributed by atoms with van der Waals surface area (Å²) in [7, 11) is 0. The molecule has 4 aromatic rings. The summed E-state index contributed by atoms with van der Waals surface area (Å²) < 4.78 is 12.3. The van der Waals surface area contributed by atoms with Crippen molar-refractivity contribution in [1.29, 1.82) is 5.26 Å². The highest BCUT2D eigenvalue weighted by Gasteiger charge is 2.16. The molecule has 0 aliphatic heterocycles. The first-order valence-electron chi connectivity index (χ1n) is 12.1. The zero-order valence-corrected chi connectivity index (χ0v) is 20.7. The monoisotopic (exact) mass is 488 g/mol. The number of nitrogens with zero attached hydrogens (tertiary/aromatic N) is 1. The Balaban J connectivity index is 1.66. The zero-order valence-electron chi connectivity index (χ0n) is 20.7. The van der Waals surface area contributed by atoms with Crippen LogP contribution in [0.4, 0.5) is 5.69 Å². The van der Waals surface area contributed by atoms with Crippen molar-refractivity contribution in [3.63, 3.8) is 0 Å². The molecule has 0 aromatic heterocycles. The van der Waals surface area contributed by atoms with E-state index < -0.39 is 5.91 Å². The highest BCUT2D eigenvalue weighted by molar-refractivity contribution is 6.09. The van der Waals surface area contributed by atoms with Crippen molar-refractivity contribution in [1.82, 2.24) is 0 Å². The number of fused-ring (bicyclic) bond motifs is 1. The van der Waals surface area contributed by atoms with E-state index in [0.29, 0.717) is 42.4 Å². The minimum atomic E-state index is -0.479. The number of hydrogen-bond donors (Lipinski definition) is 1. The Labute approximate surface area is 217 Å². The molecule has 4 aromatic carbocycles. The van der Waals surface area contributed by atoms with Crippen molar-refractivity contribution in [3.8, 4) is 17.6 Å². The predicted octanol–water partition coefficient (Wildman–Crippen LogP) is 7.09. The number of carbonyl (C=O) groups excluding carboxylic acids is 1. The first kappa shape index (κ1) is 25.3. The zero-order chi connectivity index (χ0) is 26.0. The lowest BCUT2D eigenvalue weighted by atomic mass is 10.0. The van der Waals surface area contributed by atoms with E-state index in [1.54, 1.807) is 30.4 Å². The molecule has 0 fully saturated rings. The first-order valence-corrected chi connectivity index (χ1v) is 12.1. The minimum Gasteiger partial charge on any atom is -0.490 e. The van der Waals surface area contributed by atoms with E-state index in [1.807, 2.05) is 55.5 Å². The molecule has 4 rings (SSSR count). The fraction of sp³-hybridized carbons (Fsp3) is 0.125. The minimum absolute atomic E-state index is 0.0136. The number of para-hydroxylation sites is 1. The summed E-state index contributed by atoms with van der Waals surface area (Å²) in [5.41, 5.74) is 3.19. The molecule has 0 saturated heterocycles. The molecule has 0 heterocycles. The predicted molar refractivity (Wildman–Crippen MR) is 148 cm³/mol. The van der Waals surface area contributed by atoms with E-state index in [2.05, 4.69) is 36.2 Å². The largest absolute Gasteiger partial charge is 0.490 e. The van der Waals surface area contributed by atoms with Crippen LogP contribution in [0, 0.1) is 11.3 Å². The summed E-state index contributed by atoms with van der Waals surface area (Å²) in [6.07, 6.45) is 3.88. The lowest BCUT2D eigenvalue weighted by Gasteiger charge is -2.17. The molecule has 0 unspecified atom stereocenters. The van der Waals surface area contributed by atoms with Crippen LogP contribution in [0.25, 0.3) is 16.8 Å². The van der Waals surface area contributed by atoms with E-state index >= 15 is 0 Å². The third-order valence-electron chi connectivity index (χ3n) is 5.78. The number of anilines is 1. The third-order valence-corrected chi connectivity index (χ3v) is 5.78. The highest BCUT2D eigenvalue weighted by Crippen LogP contribution is 2.36. The van der Waals surface area contributed by atoms with Crippen LogP contribution < -0.4 is 14.8 Å². The first-order chi connectivity index (χ1) is 18.1. The number of allylic oxidation sites excluding steroid dienone is 1. The van der Waals surface area contributed by atoms with Gasteiger partial charge in [0, 0.05) is 11.3 Å². The quantitative estimate of drug-likeness (QED) is 0.147. The molecule has 0 saturated carbocycles. The van der Waals surface area contributed by atoms with Crippen LogP contribution in [-0.4, -0.2) is 12.5 Å². The topological polar surface area (TPSA) is 71.4 Å². The lowest BCUT2D eigenvalue weighted by molar-refractivity contribution is -0.112. The average Bonchev–Trinajstić information content (AvgIpc) is 2.92. The summed E-state index contributed by atoms with van der Waals surface area (Å²) in [4.78, 5) is 12.7. The summed E-state index contributed by atoms with van der Waals surface area (Å²) in [6.45, 7) is 6.59. The molecule has 5 heteroatoms. The Morgan fingerprint density at radius 1 is 0.973 bits per heavy atom. The van der Waals surface area contributed by atoms with Gasteiger partial charge in [-0.15, -0.1) is 6.58 Å². The number of nitriles is 1. The number of amides is 1. The van der Waals surface area contributed by atoms with Crippen LogP contribution in [-0.2, 0) is 17.8 Å². The van der Waals surface area contributed by atoms with Gasteiger partial charge in [-0.05, 0) is 65.6 Å². The van der Waals surface area contributed by atoms with Crippen molar-refractivity contribution in [2.24, 2.45) is 0 Å². The Bertz CT molecular complexity index is 1480. The van der Waals surface area contributed by atoms with Gasteiger partial charge < -0.3 is 14.8 Å². The molecule has 1 N–H and O–H groups in total. The number of ether oxygens (including phenoxy) is 2. The van der Waals surface area contributed by atoms with E-state index in [0.717, 1.165) is 21.9 Å². The van der Waals surface area contributed by atoms with Gasteiger partial charge in [-0.1, -0.05) is 66.7 Å². The fourth-order valence-corrected chi connectivity index (χ4v) is 4.10. The van der Waals surface area contributed by atoms with E-state index in [1.165, 1.54) is 0 Å². The molecule has 0 spiro atoms. The molecule has 0 aliphatic rings. The molecule has 1 amide bonds. The van der Waals surface area contributed by atoms with Crippen molar-refractivity contribution in [2.45, 2.75) is 20.0 Å². The Hall–Kier alpha value is -4.82. The molecule has 0 radical (unpaired) electrons. The van der Waals surface area contributed by atoms with Crippen LogP contribution in [0.15, 0.2) is 103 Å². The maximum atomic E-state index is 12.7. The van der Waals surface area contributed by atoms with Gasteiger partial charge >= 0.3 is 0 Å². The van der Waals surface area contributed by atoms with Gasteiger partial charge in [0.1, 0.15) is 18.2 Å². The van der Waals surface area contributed by atoms with E-state index in [9.17, 15) is 10.1 Å². The molecule has 37 heavy (non-hydrogen) atoms.